The third-order valence-electron chi connectivity index (χ3n) is 11.9. The average molecular weight is 791 g/mol. The van der Waals surface area contributed by atoms with E-state index < -0.39 is 70.5 Å². The Labute approximate surface area is 325 Å². The first kappa shape index (κ1) is 42.6. The van der Waals surface area contributed by atoms with E-state index in [1.165, 1.54) is 10.4 Å². The van der Waals surface area contributed by atoms with E-state index in [2.05, 4.69) is 10.0 Å². The van der Waals surface area contributed by atoms with Crippen molar-refractivity contribution in [1.82, 2.24) is 18.8 Å². The van der Waals surface area contributed by atoms with Gasteiger partial charge in [0.05, 0.1) is 18.5 Å². The predicted octanol–water partition coefficient (Wildman–Crippen LogP) is 6.48. The van der Waals surface area contributed by atoms with Gasteiger partial charge in [0.1, 0.15) is 23.5 Å². The largest absolute Gasteiger partial charge is 0.451 e. The molecule has 4 N–H and O–H groups in total. The third-order valence-corrected chi connectivity index (χ3v) is 13.7. The molecule has 4 atom stereocenters. The second kappa shape index (κ2) is 16.9. The normalized spacial score (nSPS) is 26.0. The van der Waals surface area contributed by atoms with Gasteiger partial charge in [0, 0.05) is 41.9 Å². The first-order valence-corrected chi connectivity index (χ1v) is 21.4. The van der Waals surface area contributed by atoms with E-state index in [1.807, 2.05) is 0 Å². The number of primary amides is 1. The maximum absolute atomic E-state index is 15.2. The highest BCUT2D eigenvalue weighted by Gasteiger charge is 2.60. The quantitative estimate of drug-likeness (QED) is 0.205. The zero-order valence-electron chi connectivity index (χ0n) is 33.4. The van der Waals surface area contributed by atoms with Crippen LogP contribution in [0.4, 0.5) is 14.9 Å². The van der Waals surface area contributed by atoms with E-state index in [-0.39, 0.29) is 33.9 Å². The molecule has 1 unspecified atom stereocenters. The van der Waals surface area contributed by atoms with Gasteiger partial charge in [0.2, 0.25) is 0 Å². The number of fused-ring (bicyclic) bond motifs is 1. The van der Waals surface area contributed by atoms with Crippen LogP contribution in [-0.2, 0) is 24.5 Å². The van der Waals surface area contributed by atoms with Gasteiger partial charge in [-0.15, -0.1) is 0 Å². The Balaban J connectivity index is 1.46. The van der Waals surface area contributed by atoms with E-state index in [0.29, 0.717) is 55.3 Å². The topological polar surface area (TPSA) is 178 Å². The number of nitrogens with two attached hydrogens (primary N) is 1. The molecule has 2 saturated carbocycles. The fraction of sp³-hybridized carbons (Fsp3) is 0.700. The summed E-state index contributed by atoms with van der Waals surface area (Å²) in [6, 6.07) is 4.25. The number of benzene rings is 1. The molecule has 1 aromatic carbocycles. The van der Waals surface area contributed by atoms with Gasteiger partial charge in [-0.3, -0.25) is 9.59 Å². The molecule has 0 radical (unpaired) electrons. The van der Waals surface area contributed by atoms with Crippen molar-refractivity contribution in [2.24, 2.45) is 29.4 Å². The SMILES string of the molecule is CC(C)N(C(C)C)S(=O)(=O)NC(=O)c1cc2cc([N+]3(C(=O)C4CCC([C@@H](CF)NC(=O)OC(C)(C)C)CC4)CC[C@@H](C4CCCCC4)[C@H]3C(N)=O)ccc2o1. The zero-order chi connectivity index (χ0) is 40.5. The summed E-state index contributed by atoms with van der Waals surface area (Å²) in [6.07, 6.45) is 7.05. The minimum atomic E-state index is -4.19. The lowest BCUT2D eigenvalue weighted by atomic mass is 9.75. The van der Waals surface area contributed by atoms with Crippen LogP contribution < -0.4 is 20.3 Å². The highest BCUT2D eigenvalue weighted by atomic mass is 32.2. The fourth-order valence-corrected chi connectivity index (χ4v) is 11.3. The number of nitrogens with zero attached hydrogens (tertiary/aromatic N) is 2. The van der Waals surface area contributed by atoms with Gasteiger partial charge >= 0.3 is 28.1 Å². The second-order valence-electron chi connectivity index (χ2n) is 17.4. The summed E-state index contributed by atoms with van der Waals surface area (Å²) in [5, 5.41) is 3.16. The van der Waals surface area contributed by atoms with Crippen LogP contribution in [0, 0.1) is 23.7 Å². The van der Waals surface area contributed by atoms with E-state index >= 15 is 4.79 Å². The van der Waals surface area contributed by atoms with Crippen LogP contribution in [0.5, 0.6) is 0 Å². The van der Waals surface area contributed by atoms with Crippen molar-refractivity contribution < 1.29 is 41.1 Å². The highest BCUT2D eigenvalue weighted by molar-refractivity contribution is 7.87. The molecule has 1 saturated heterocycles. The van der Waals surface area contributed by atoms with E-state index in [9.17, 15) is 27.2 Å². The number of alkyl halides is 1. The maximum atomic E-state index is 15.2. The Morgan fingerprint density at radius 2 is 1.60 bits per heavy atom. The van der Waals surface area contributed by atoms with Crippen molar-refractivity contribution in [2.45, 2.75) is 142 Å². The standard InChI is InChI=1S/C40H60FN5O8S/c1-24(2)45(25(3)4)55(51,52)44-37(48)34-22-29-21-30(17-18-33(29)53-34)46(20-19-31(35(46)36(42)47)26-11-9-8-10-12-26)38(49)28-15-13-27(14-16-28)32(23-41)43-39(50)54-40(5,6)7/h17-18,21-22,24-28,31-32,35H,8-16,19-20,23H2,1-7H3,(H3-,42,43,44,47,48,50)/p+1/t27?,28?,31-,32+,35-,46?/m0/s1. The van der Waals surface area contributed by atoms with Crippen LogP contribution in [0.15, 0.2) is 28.7 Å². The monoisotopic (exact) mass is 790 g/mol. The van der Waals surface area contributed by atoms with Crippen LogP contribution >= 0.6 is 0 Å². The molecular weight excluding hydrogens is 730 g/mol. The zero-order valence-corrected chi connectivity index (χ0v) is 34.3. The van der Waals surface area contributed by atoms with Crippen molar-refractivity contribution in [3.8, 4) is 0 Å². The van der Waals surface area contributed by atoms with Crippen molar-refractivity contribution >= 4 is 50.7 Å². The van der Waals surface area contributed by atoms with Gasteiger partial charge in [-0.1, -0.05) is 19.3 Å². The summed E-state index contributed by atoms with van der Waals surface area (Å²) >= 11 is 0. The summed E-state index contributed by atoms with van der Waals surface area (Å²) in [4.78, 5) is 54.6. The first-order valence-electron chi connectivity index (χ1n) is 20.0. The highest BCUT2D eigenvalue weighted by Crippen LogP contribution is 2.48. The molecule has 3 fully saturated rings. The minimum Gasteiger partial charge on any atom is -0.451 e. The number of ether oxygens (including phenoxy) is 1. The van der Waals surface area contributed by atoms with Crippen molar-refractivity contribution in [2.75, 3.05) is 13.2 Å². The van der Waals surface area contributed by atoms with Gasteiger partial charge in [0.15, 0.2) is 11.8 Å². The Morgan fingerprint density at radius 1 is 0.964 bits per heavy atom. The van der Waals surface area contributed by atoms with Crippen LogP contribution in [0.3, 0.4) is 0 Å². The van der Waals surface area contributed by atoms with Crippen LogP contribution in [-0.4, -0.2) is 79.5 Å². The maximum Gasteiger partial charge on any atom is 0.407 e. The average Bonchev–Trinajstić information content (AvgIpc) is 3.72. The number of alkyl carbamates (subject to hydrolysis) is 1. The molecule has 2 aliphatic carbocycles. The molecule has 1 aromatic heterocycles. The van der Waals surface area contributed by atoms with Gasteiger partial charge in [-0.2, -0.15) is 12.7 Å². The molecule has 2 aromatic rings. The Morgan fingerprint density at radius 3 is 2.16 bits per heavy atom. The smallest absolute Gasteiger partial charge is 0.407 e. The number of halogens is 1. The van der Waals surface area contributed by atoms with Crippen LogP contribution in [0.2, 0.25) is 0 Å². The number of hydrogen-bond acceptors (Lipinski definition) is 8. The molecule has 306 valence electrons. The minimum absolute atomic E-state index is 0.0940. The Hall–Kier alpha value is -3.56. The van der Waals surface area contributed by atoms with E-state index in [0.717, 1.165) is 32.1 Å². The number of hydrogen-bond donors (Lipinski definition) is 3. The number of quaternary nitrogens is 1. The molecule has 2 heterocycles. The van der Waals surface area contributed by atoms with Crippen molar-refractivity contribution in [1.29, 1.82) is 0 Å². The summed E-state index contributed by atoms with van der Waals surface area (Å²) in [5.74, 6) is -2.27. The summed E-state index contributed by atoms with van der Waals surface area (Å²) in [6.45, 7) is 11.7. The summed E-state index contributed by atoms with van der Waals surface area (Å²) < 4.78 is 54.9. The van der Waals surface area contributed by atoms with Gasteiger partial charge < -0.3 is 20.2 Å². The van der Waals surface area contributed by atoms with Gasteiger partial charge in [0.25, 0.3) is 5.91 Å². The first-order chi connectivity index (χ1) is 25.8. The summed E-state index contributed by atoms with van der Waals surface area (Å²) in [5.41, 5.74) is 6.44. The number of likely N-dealkylation sites (tertiary alicyclic amines) is 1. The van der Waals surface area contributed by atoms with Crippen molar-refractivity contribution in [3.63, 3.8) is 0 Å². The lowest BCUT2D eigenvalue weighted by Crippen LogP contribution is -2.65. The fourth-order valence-electron chi connectivity index (χ4n) is 9.72. The molecule has 0 spiro atoms. The lowest BCUT2D eigenvalue weighted by Gasteiger charge is -2.42. The molecule has 15 heteroatoms. The summed E-state index contributed by atoms with van der Waals surface area (Å²) in [7, 11) is -4.19. The van der Waals surface area contributed by atoms with Crippen molar-refractivity contribution in [3.05, 3.63) is 30.0 Å². The Kier molecular flexibility index (Phi) is 13.1. The third kappa shape index (κ3) is 9.20. The predicted molar refractivity (Wildman–Crippen MR) is 209 cm³/mol. The number of furan rings is 1. The Bertz CT molecular complexity index is 1820. The number of rotatable bonds is 12. The molecule has 4 amide bonds. The number of carbonyl (C=O) groups excluding carboxylic acids is 4. The second-order valence-corrected chi connectivity index (χ2v) is 19.0. The molecule has 0 bridgehead atoms. The molecule has 55 heavy (non-hydrogen) atoms. The van der Waals surface area contributed by atoms with Gasteiger partial charge in [-0.05, 0) is 111 Å². The molecular formula is C40H61FN5O8S+. The molecule has 5 rings (SSSR count). The number of nitrogens with one attached hydrogen (secondary N) is 2. The number of amides is 4. The van der Waals surface area contributed by atoms with Gasteiger partial charge in [-0.25, -0.2) is 23.2 Å². The molecule has 1 aliphatic heterocycles. The van der Waals surface area contributed by atoms with Crippen LogP contribution in [0.1, 0.15) is 123 Å². The van der Waals surface area contributed by atoms with E-state index in [4.69, 9.17) is 14.9 Å². The lowest BCUT2D eigenvalue weighted by molar-refractivity contribution is -0.142. The number of carbonyl (C=O) groups is 4. The molecule has 13 nitrogen and oxygen atoms in total. The van der Waals surface area contributed by atoms with E-state index in [1.54, 1.807) is 66.7 Å². The molecule has 3 aliphatic rings. The van der Waals surface area contributed by atoms with Crippen LogP contribution in [0.25, 0.3) is 11.0 Å².